The van der Waals surface area contributed by atoms with E-state index in [-0.39, 0.29) is 33.5 Å². The van der Waals surface area contributed by atoms with Crippen LogP contribution in [0.2, 0.25) is 5.02 Å². The average molecular weight is 469 g/mol. The zero-order valence-electron chi connectivity index (χ0n) is 17.5. The predicted molar refractivity (Wildman–Crippen MR) is 113 cm³/mol. The second-order valence-corrected chi connectivity index (χ2v) is 8.96. The molecule has 2 aromatic rings. The Morgan fingerprint density at radius 1 is 1.03 bits per heavy atom. The molecular formula is C22H18ClF5N4. The zero-order valence-corrected chi connectivity index (χ0v) is 18.3. The highest BCUT2D eigenvalue weighted by molar-refractivity contribution is 6.35. The lowest BCUT2D eigenvalue weighted by Crippen LogP contribution is -2.31. The van der Waals surface area contributed by atoms with Crippen LogP contribution in [0, 0.1) is 17.6 Å². The van der Waals surface area contributed by atoms with Gasteiger partial charge in [-0.05, 0) is 23.8 Å². The number of hydrogen-bond donors (Lipinski definition) is 0. The maximum Gasteiger partial charge on any atom is 0.400 e. The molecule has 0 N–H and O–H groups in total. The Labute approximate surface area is 185 Å². The summed E-state index contributed by atoms with van der Waals surface area (Å²) in [4.78, 5) is 8.36. The summed E-state index contributed by atoms with van der Waals surface area (Å²) in [5.41, 5.74) is -0.905. The molecule has 1 aromatic heterocycles. The Hall–Kier alpha value is -2.81. The molecule has 1 aromatic carbocycles. The highest BCUT2D eigenvalue weighted by atomic mass is 35.5. The summed E-state index contributed by atoms with van der Waals surface area (Å²) < 4.78 is 71.6. The van der Waals surface area contributed by atoms with Crippen molar-refractivity contribution in [2.24, 2.45) is 23.0 Å². The predicted octanol–water partition coefficient (Wildman–Crippen LogP) is 6.01. The minimum atomic E-state index is -4.75. The maximum absolute atomic E-state index is 14.3. The van der Waals surface area contributed by atoms with E-state index in [0.29, 0.717) is 5.69 Å². The van der Waals surface area contributed by atoms with Crippen molar-refractivity contribution < 1.29 is 22.0 Å². The summed E-state index contributed by atoms with van der Waals surface area (Å²) in [7, 11) is 1.59. The third-order valence-corrected chi connectivity index (χ3v) is 5.52. The number of aliphatic imine (C=N–C) groups is 2. The number of allylic oxidation sites excluding steroid dienone is 4. The van der Waals surface area contributed by atoms with Crippen LogP contribution in [0.4, 0.5) is 22.0 Å². The zero-order chi connectivity index (χ0) is 23.6. The maximum atomic E-state index is 14.3. The third kappa shape index (κ3) is 3.68. The second-order valence-electron chi connectivity index (χ2n) is 8.58. The summed E-state index contributed by atoms with van der Waals surface area (Å²) in [6, 6.07) is 3.11. The molecule has 10 heteroatoms. The van der Waals surface area contributed by atoms with Gasteiger partial charge in [0.05, 0.1) is 27.7 Å². The van der Waals surface area contributed by atoms with Crippen molar-refractivity contribution in [3.05, 3.63) is 69.7 Å². The number of alkyl halides is 3. The fourth-order valence-corrected chi connectivity index (χ4v) is 4.19. The first-order valence-corrected chi connectivity index (χ1v) is 10.0. The van der Waals surface area contributed by atoms with Crippen molar-refractivity contribution in [2.45, 2.75) is 32.4 Å². The summed E-state index contributed by atoms with van der Waals surface area (Å²) >= 11 is 6.50. The van der Waals surface area contributed by atoms with Crippen LogP contribution in [0.5, 0.6) is 0 Å². The molecule has 1 atom stereocenters. The molecule has 168 valence electrons. The number of halogens is 6. The lowest BCUT2D eigenvalue weighted by atomic mass is 9.88. The normalized spacial score (nSPS) is 18.8. The van der Waals surface area contributed by atoms with Gasteiger partial charge in [-0.2, -0.15) is 18.3 Å². The fraction of sp³-hybridized carbons (Fsp3) is 0.318. The second kappa shape index (κ2) is 7.37. The molecule has 0 amide bonds. The van der Waals surface area contributed by atoms with E-state index in [4.69, 9.17) is 11.6 Å². The van der Waals surface area contributed by atoms with Gasteiger partial charge in [-0.1, -0.05) is 44.5 Å². The van der Waals surface area contributed by atoms with Gasteiger partial charge >= 0.3 is 6.18 Å². The van der Waals surface area contributed by atoms with Gasteiger partial charge in [0.1, 0.15) is 23.2 Å². The molecule has 32 heavy (non-hydrogen) atoms. The van der Waals surface area contributed by atoms with Crippen molar-refractivity contribution >= 4 is 28.7 Å². The van der Waals surface area contributed by atoms with Crippen molar-refractivity contribution in [3.63, 3.8) is 0 Å². The summed E-state index contributed by atoms with van der Waals surface area (Å²) in [6.45, 7) is 5.69. The number of fused-ring (bicyclic) bond motifs is 1. The highest BCUT2D eigenvalue weighted by Crippen LogP contribution is 2.41. The third-order valence-electron chi connectivity index (χ3n) is 5.16. The van der Waals surface area contributed by atoms with Gasteiger partial charge < -0.3 is 0 Å². The average Bonchev–Trinajstić information content (AvgIpc) is 3.19. The Balaban J connectivity index is 1.88. The summed E-state index contributed by atoms with van der Waals surface area (Å²) in [5.74, 6) is -4.17. The molecule has 0 spiro atoms. The highest BCUT2D eigenvalue weighted by Gasteiger charge is 2.46. The minimum Gasteiger partial charge on any atom is -0.263 e. The molecule has 0 saturated carbocycles. The van der Waals surface area contributed by atoms with Gasteiger partial charge in [0.2, 0.25) is 0 Å². The van der Waals surface area contributed by atoms with E-state index in [1.807, 2.05) is 20.8 Å². The van der Waals surface area contributed by atoms with Crippen molar-refractivity contribution in [2.75, 3.05) is 0 Å². The lowest BCUT2D eigenvalue weighted by Gasteiger charge is -2.22. The number of rotatable bonds is 2. The molecule has 0 bridgehead atoms. The molecule has 1 aliphatic carbocycles. The first kappa shape index (κ1) is 22.4. The van der Waals surface area contributed by atoms with Crippen LogP contribution in [0.3, 0.4) is 0 Å². The van der Waals surface area contributed by atoms with Crippen LogP contribution in [-0.2, 0) is 12.5 Å². The van der Waals surface area contributed by atoms with Crippen molar-refractivity contribution in [1.82, 2.24) is 9.78 Å². The van der Waals surface area contributed by atoms with E-state index in [0.717, 1.165) is 24.3 Å². The largest absolute Gasteiger partial charge is 0.400 e. The van der Waals surface area contributed by atoms with Crippen LogP contribution in [0.1, 0.15) is 37.7 Å². The van der Waals surface area contributed by atoms with Crippen LogP contribution < -0.4 is 0 Å². The van der Waals surface area contributed by atoms with E-state index in [9.17, 15) is 22.0 Å². The van der Waals surface area contributed by atoms with Gasteiger partial charge in [-0.25, -0.2) is 18.8 Å². The fourth-order valence-electron chi connectivity index (χ4n) is 3.66. The van der Waals surface area contributed by atoms with Crippen molar-refractivity contribution in [3.8, 4) is 0 Å². The molecule has 2 aliphatic rings. The quantitative estimate of drug-likeness (QED) is 0.498. The van der Waals surface area contributed by atoms with E-state index in [1.165, 1.54) is 10.8 Å². The molecule has 2 heterocycles. The van der Waals surface area contributed by atoms with Crippen LogP contribution in [0.25, 0.3) is 5.57 Å². The number of aryl methyl sites for hydroxylation is 1. The first-order valence-electron chi connectivity index (χ1n) is 9.64. The Bertz CT molecular complexity index is 1220. The standard InChI is InChI=1S/C22H18ClF5N4/c1-21(2,3)19-16(23)18(32(4)31-19)20-29-14-9-10(15-12(24)6-5-7-13(15)25)8-11(17(14)30-20)22(26,27)28/h5-9,11H,1-4H3. The molecule has 4 nitrogen and oxygen atoms in total. The molecule has 4 rings (SSSR count). The number of amidine groups is 1. The summed E-state index contributed by atoms with van der Waals surface area (Å²) in [5, 5.41) is 4.61. The molecule has 0 radical (unpaired) electrons. The smallest absolute Gasteiger partial charge is 0.263 e. The van der Waals surface area contributed by atoms with Gasteiger partial charge in [0, 0.05) is 12.5 Å². The number of benzene rings is 1. The molecular weight excluding hydrogens is 451 g/mol. The molecule has 0 fully saturated rings. The van der Waals surface area contributed by atoms with E-state index < -0.39 is 34.7 Å². The topological polar surface area (TPSA) is 42.5 Å². The van der Waals surface area contributed by atoms with Gasteiger partial charge in [0.15, 0.2) is 5.84 Å². The van der Waals surface area contributed by atoms with E-state index in [1.54, 1.807) is 7.05 Å². The van der Waals surface area contributed by atoms with Crippen LogP contribution in [0.15, 0.2) is 46.0 Å². The van der Waals surface area contributed by atoms with E-state index >= 15 is 0 Å². The molecule has 1 unspecified atom stereocenters. The van der Waals surface area contributed by atoms with Gasteiger partial charge in [-0.3, -0.25) is 4.68 Å². The minimum absolute atomic E-state index is 0.0420. The Morgan fingerprint density at radius 3 is 2.19 bits per heavy atom. The molecule has 1 aliphatic heterocycles. The number of hydrogen-bond acceptors (Lipinski definition) is 3. The van der Waals surface area contributed by atoms with Gasteiger partial charge in [-0.15, -0.1) is 0 Å². The van der Waals surface area contributed by atoms with Crippen molar-refractivity contribution in [1.29, 1.82) is 0 Å². The first-order chi connectivity index (χ1) is 14.8. The lowest BCUT2D eigenvalue weighted by molar-refractivity contribution is -0.143. The number of aromatic nitrogens is 2. The summed E-state index contributed by atoms with van der Waals surface area (Å²) in [6.07, 6.45) is -2.79. The van der Waals surface area contributed by atoms with Crippen LogP contribution in [-0.4, -0.2) is 27.5 Å². The van der Waals surface area contributed by atoms with Crippen LogP contribution >= 0.6 is 11.6 Å². The molecule has 0 saturated heterocycles. The monoisotopic (exact) mass is 468 g/mol. The Kier molecular flexibility index (Phi) is 5.15. The SMILES string of the molecule is Cn1nc(C(C)(C)C)c(Cl)c1C1=NC2=CC(c3c(F)cccc3F)=CC(C(F)(F)F)C2=N1. The Morgan fingerprint density at radius 2 is 1.66 bits per heavy atom. The van der Waals surface area contributed by atoms with E-state index in [2.05, 4.69) is 15.1 Å². The van der Waals surface area contributed by atoms with Gasteiger partial charge in [0.25, 0.3) is 0 Å². The number of nitrogens with zero attached hydrogens (tertiary/aromatic N) is 4.